The van der Waals surface area contributed by atoms with E-state index < -0.39 is 5.91 Å². The number of primary amides is 1. The number of carbonyl (C=O) groups excluding carboxylic acids is 2. The lowest BCUT2D eigenvalue weighted by molar-refractivity contribution is -0.116. The van der Waals surface area contributed by atoms with E-state index in [1.54, 1.807) is 12.1 Å². The molecule has 0 saturated heterocycles. The highest BCUT2D eigenvalue weighted by Crippen LogP contribution is 2.26. The van der Waals surface area contributed by atoms with E-state index in [-0.39, 0.29) is 11.3 Å². The number of aryl methyl sites for hydroxylation is 1. The fourth-order valence-corrected chi connectivity index (χ4v) is 2.60. The van der Waals surface area contributed by atoms with Crippen LogP contribution in [0.4, 0.5) is 5.69 Å². The fraction of sp³-hybridized carbons (Fsp3) is 0.333. The molecule has 5 nitrogen and oxygen atoms in total. The summed E-state index contributed by atoms with van der Waals surface area (Å²) in [7, 11) is 1.51. The Balaban J connectivity index is 2.01. The molecule has 0 heterocycles. The summed E-state index contributed by atoms with van der Waals surface area (Å²) in [5.74, 6) is -0.218. The van der Waals surface area contributed by atoms with Crippen LogP contribution >= 0.6 is 0 Å². The third-order valence-electron chi connectivity index (χ3n) is 4.22. The molecule has 0 aliphatic rings. The molecule has 0 bridgehead atoms. The van der Waals surface area contributed by atoms with Gasteiger partial charge in [0.2, 0.25) is 11.8 Å². The summed E-state index contributed by atoms with van der Waals surface area (Å²) in [6.45, 7) is 6.51. The van der Waals surface area contributed by atoms with Crippen molar-refractivity contribution in [2.24, 2.45) is 5.73 Å². The first kappa shape index (κ1) is 19.5. The highest BCUT2D eigenvalue weighted by Gasteiger charge is 2.14. The van der Waals surface area contributed by atoms with E-state index in [0.717, 1.165) is 5.56 Å². The molecular formula is C21H26N2O3. The van der Waals surface area contributed by atoms with Gasteiger partial charge in [-0.3, -0.25) is 9.59 Å². The van der Waals surface area contributed by atoms with E-state index in [1.807, 2.05) is 0 Å². The highest BCUT2D eigenvalue weighted by molar-refractivity contribution is 5.97. The minimum Gasteiger partial charge on any atom is -0.495 e. The zero-order valence-corrected chi connectivity index (χ0v) is 15.8. The maximum absolute atomic E-state index is 12.3. The Labute approximate surface area is 154 Å². The number of benzene rings is 2. The van der Waals surface area contributed by atoms with Crippen molar-refractivity contribution in [3.8, 4) is 5.75 Å². The van der Waals surface area contributed by atoms with Crippen LogP contribution in [0, 0.1) is 0 Å². The topological polar surface area (TPSA) is 81.4 Å². The van der Waals surface area contributed by atoms with Crippen molar-refractivity contribution < 1.29 is 14.3 Å². The number of hydrogen-bond donors (Lipinski definition) is 2. The Morgan fingerprint density at radius 3 is 2.27 bits per heavy atom. The molecule has 26 heavy (non-hydrogen) atoms. The van der Waals surface area contributed by atoms with Crippen LogP contribution in [0.25, 0.3) is 0 Å². The van der Waals surface area contributed by atoms with Crippen LogP contribution in [-0.2, 0) is 16.6 Å². The van der Waals surface area contributed by atoms with Gasteiger partial charge >= 0.3 is 0 Å². The number of ether oxygens (including phenoxy) is 1. The molecule has 0 saturated carbocycles. The average molecular weight is 354 g/mol. The molecule has 0 unspecified atom stereocenters. The normalized spacial score (nSPS) is 11.1. The number of rotatable bonds is 6. The summed E-state index contributed by atoms with van der Waals surface area (Å²) in [5, 5.41) is 2.79. The van der Waals surface area contributed by atoms with Crippen LogP contribution in [0.1, 0.15) is 48.7 Å². The Morgan fingerprint density at radius 2 is 1.73 bits per heavy atom. The number of nitrogens with one attached hydrogen (secondary N) is 1. The van der Waals surface area contributed by atoms with Crippen molar-refractivity contribution in [3.05, 3.63) is 59.2 Å². The molecule has 0 aliphatic heterocycles. The number of methoxy groups -OCH3 is 1. The van der Waals surface area contributed by atoms with Crippen LogP contribution < -0.4 is 15.8 Å². The van der Waals surface area contributed by atoms with Crippen molar-refractivity contribution in [1.29, 1.82) is 0 Å². The molecule has 5 heteroatoms. The molecular weight excluding hydrogens is 328 g/mol. The summed E-state index contributed by atoms with van der Waals surface area (Å²) in [6.07, 6.45) is 0.965. The zero-order valence-electron chi connectivity index (χ0n) is 15.8. The summed E-state index contributed by atoms with van der Waals surface area (Å²) >= 11 is 0. The van der Waals surface area contributed by atoms with Gasteiger partial charge in [-0.2, -0.15) is 0 Å². The first-order valence-electron chi connectivity index (χ1n) is 8.58. The van der Waals surface area contributed by atoms with Crippen LogP contribution in [0.3, 0.4) is 0 Å². The van der Waals surface area contributed by atoms with E-state index in [1.165, 1.54) is 18.7 Å². The predicted molar refractivity (Wildman–Crippen MR) is 104 cm³/mol. The number of amides is 2. The van der Waals surface area contributed by atoms with Gasteiger partial charge in [0.25, 0.3) is 0 Å². The van der Waals surface area contributed by atoms with Gasteiger partial charge in [0, 0.05) is 12.0 Å². The van der Waals surface area contributed by atoms with Gasteiger partial charge in [0.05, 0.1) is 12.8 Å². The third kappa shape index (κ3) is 5.09. The number of hydrogen-bond acceptors (Lipinski definition) is 3. The lowest BCUT2D eigenvalue weighted by atomic mass is 9.86. The molecule has 3 N–H and O–H groups in total. The molecule has 2 amide bonds. The molecule has 0 aliphatic carbocycles. The van der Waals surface area contributed by atoms with Gasteiger partial charge in [0.1, 0.15) is 5.75 Å². The maximum atomic E-state index is 12.3. The van der Waals surface area contributed by atoms with Gasteiger partial charge in [-0.05, 0) is 41.2 Å². The smallest absolute Gasteiger partial charge is 0.248 e. The minimum absolute atomic E-state index is 0.109. The standard InChI is InChI=1S/C21H26N2O3/c1-21(2,3)16-9-5-14(6-10-16)7-12-19(24)23-17-13-15(20(22)25)8-11-18(17)26-4/h5-6,8-11,13H,7,12H2,1-4H3,(H2,22,25)(H,23,24). The molecule has 2 aromatic carbocycles. The second-order valence-electron chi connectivity index (χ2n) is 7.27. The summed E-state index contributed by atoms with van der Waals surface area (Å²) in [6, 6.07) is 13.0. The van der Waals surface area contributed by atoms with Crippen LogP contribution in [-0.4, -0.2) is 18.9 Å². The highest BCUT2D eigenvalue weighted by atomic mass is 16.5. The lowest BCUT2D eigenvalue weighted by Crippen LogP contribution is -2.15. The first-order chi connectivity index (χ1) is 12.2. The predicted octanol–water partition coefficient (Wildman–Crippen LogP) is 3.66. The molecule has 0 aromatic heterocycles. The number of carbonyl (C=O) groups is 2. The van der Waals surface area contributed by atoms with E-state index in [2.05, 4.69) is 50.4 Å². The van der Waals surface area contributed by atoms with Crippen LogP contribution in [0.5, 0.6) is 5.75 Å². The van der Waals surface area contributed by atoms with Gasteiger partial charge < -0.3 is 15.8 Å². The van der Waals surface area contributed by atoms with Gasteiger partial charge in [-0.1, -0.05) is 45.0 Å². The molecule has 138 valence electrons. The minimum atomic E-state index is -0.554. The number of anilines is 1. The van der Waals surface area contributed by atoms with Crippen LogP contribution in [0.2, 0.25) is 0 Å². The fourth-order valence-electron chi connectivity index (χ4n) is 2.60. The van der Waals surface area contributed by atoms with E-state index in [0.29, 0.717) is 29.8 Å². The lowest BCUT2D eigenvalue weighted by Gasteiger charge is -2.19. The maximum Gasteiger partial charge on any atom is 0.248 e. The van der Waals surface area contributed by atoms with Crippen molar-refractivity contribution in [1.82, 2.24) is 0 Å². The molecule has 0 fully saturated rings. The van der Waals surface area contributed by atoms with E-state index in [4.69, 9.17) is 10.5 Å². The quantitative estimate of drug-likeness (QED) is 0.830. The van der Waals surface area contributed by atoms with Crippen LogP contribution in [0.15, 0.2) is 42.5 Å². The monoisotopic (exact) mass is 354 g/mol. The van der Waals surface area contributed by atoms with Crippen molar-refractivity contribution in [2.75, 3.05) is 12.4 Å². The van der Waals surface area contributed by atoms with Crippen molar-refractivity contribution >= 4 is 17.5 Å². The number of nitrogens with two attached hydrogens (primary N) is 1. The Bertz CT molecular complexity index is 790. The zero-order chi connectivity index (χ0) is 19.3. The summed E-state index contributed by atoms with van der Waals surface area (Å²) < 4.78 is 5.22. The average Bonchev–Trinajstić information content (AvgIpc) is 2.59. The van der Waals surface area contributed by atoms with E-state index in [9.17, 15) is 9.59 Å². The largest absolute Gasteiger partial charge is 0.495 e. The molecule has 0 radical (unpaired) electrons. The second-order valence-corrected chi connectivity index (χ2v) is 7.27. The molecule has 2 rings (SSSR count). The van der Waals surface area contributed by atoms with E-state index >= 15 is 0 Å². The molecule has 2 aromatic rings. The summed E-state index contributed by atoms with van der Waals surface area (Å²) in [4.78, 5) is 23.6. The van der Waals surface area contributed by atoms with Gasteiger partial charge in [-0.15, -0.1) is 0 Å². The Morgan fingerprint density at radius 1 is 1.08 bits per heavy atom. The summed E-state index contributed by atoms with van der Waals surface area (Å²) in [5.41, 5.74) is 8.52. The second kappa shape index (κ2) is 8.04. The van der Waals surface area contributed by atoms with Crippen molar-refractivity contribution in [3.63, 3.8) is 0 Å². The molecule has 0 atom stereocenters. The Hall–Kier alpha value is -2.82. The van der Waals surface area contributed by atoms with Crippen molar-refractivity contribution in [2.45, 2.75) is 39.0 Å². The van der Waals surface area contributed by atoms with Gasteiger partial charge in [0.15, 0.2) is 0 Å². The SMILES string of the molecule is COc1ccc(C(N)=O)cc1NC(=O)CCc1ccc(C(C)(C)C)cc1. The Kier molecular flexibility index (Phi) is 6.03. The first-order valence-corrected chi connectivity index (χ1v) is 8.58. The molecule has 0 spiro atoms. The van der Waals surface area contributed by atoms with Gasteiger partial charge in [-0.25, -0.2) is 0 Å². The third-order valence-corrected chi connectivity index (χ3v) is 4.22.